The van der Waals surface area contributed by atoms with E-state index in [4.69, 9.17) is 0 Å². The Balaban J connectivity index is 2.37. The molecule has 0 radical (unpaired) electrons. The van der Waals surface area contributed by atoms with Crippen LogP contribution in [0.1, 0.15) is 38.8 Å². The van der Waals surface area contributed by atoms with Gasteiger partial charge in [0.2, 0.25) is 0 Å². The monoisotopic (exact) mass is 240 g/mol. The summed E-state index contributed by atoms with van der Waals surface area (Å²) in [5.74, 6) is 2.42. The van der Waals surface area contributed by atoms with Crippen LogP contribution in [0.25, 0.3) is 0 Å². The van der Waals surface area contributed by atoms with E-state index in [-0.39, 0.29) is 0 Å². The summed E-state index contributed by atoms with van der Waals surface area (Å²) in [4.78, 5) is 0. The van der Waals surface area contributed by atoms with Gasteiger partial charge in [-0.1, -0.05) is 13.8 Å². The lowest BCUT2D eigenvalue weighted by Gasteiger charge is -2.11. The molecule has 1 aromatic rings. The second kappa shape index (κ2) is 7.80. The summed E-state index contributed by atoms with van der Waals surface area (Å²) in [6.45, 7) is 8.86. The van der Waals surface area contributed by atoms with Gasteiger partial charge in [-0.2, -0.15) is 11.8 Å². The minimum absolute atomic E-state index is 0.472. The minimum Gasteiger partial charge on any atom is -0.353 e. The van der Waals surface area contributed by atoms with Crippen molar-refractivity contribution in [1.82, 2.24) is 9.88 Å². The molecule has 0 amide bonds. The number of hydrogen-bond donors (Lipinski definition) is 1. The third-order valence-electron chi connectivity index (χ3n) is 2.67. The Morgan fingerprint density at radius 3 is 2.94 bits per heavy atom. The summed E-state index contributed by atoms with van der Waals surface area (Å²) in [7, 11) is 0. The molecule has 1 rings (SSSR count). The van der Waals surface area contributed by atoms with Crippen LogP contribution in [0.3, 0.4) is 0 Å². The van der Waals surface area contributed by atoms with Crippen LogP contribution in [0.15, 0.2) is 18.5 Å². The average Bonchev–Trinajstić information content (AvgIpc) is 2.75. The standard InChI is InChI=1S/C13H24N2S/c1-4-7-14-12(3)13-6-8-15(11-13)9-10-16-5-2/h6,8,11-12,14H,4-5,7,9-10H2,1-3H3. The van der Waals surface area contributed by atoms with Crippen molar-refractivity contribution in [3.8, 4) is 0 Å². The molecule has 0 aromatic carbocycles. The molecule has 1 aromatic heterocycles. The smallest absolute Gasteiger partial charge is 0.0310 e. The van der Waals surface area contributed by atoms with Gasteiger partial charge in [0.1, 0.15) is 0 Å². The van der Waals surface area contributed by atoms with Gasteiger partial charge in [0.15, 0.2) is 0 Å². The van der Waals surface area contributed by atoms with E-state index in [1.165, 1.54) is 23.5 Å². The van der Waals surface area contributed by atoms with Crippen molar-refractivity contribution in [3.05, 3.63) is 24.0 Å². The topological polar surface area (TPSA) is 17.0 Å². The molecule has 0 aliphatic heterocycles. The maximum absolute atomic E-state index is 3.51. The van der Waals surface area contributed by atoms with E-state index in [0.717, 1.165) is 13.1 Å². The molecule has 0 spiro atoms. The fourth-order valence-corrected chi connectivity index (χ4v) is 2.28. The van der Waals surface area contributed by atoms with Crippen LogP contribution in [0.2, 0.25) is 0 Å². The predicted octanol–water partition coefficient (Wildman–Crippen LogP) is 3.30. The highest BCUT2D eigenvalue weighted by molar-refractivity contribution is 7.99. The van der Waals surface area contributed by atoms with E-state index in [1.54, 1.807) is 0 Å². The van der Waals surface area contributed by atoms with E-state index >= 15 is 0 Å². The van der Waals surface area contributed by atoms with Gasteiger partial charge < -0.3 is 9.88 Å². The normalized spacial score (nSPS) is 12.9. The Morgan fingerprint density at radius 1 is 1.44 bits per heavy atom. The van der Waals surface area contributed by atoms with Gasteiger partial charge in [-0.05, 0) is 37.3 Å². The van der Waals surface area contributed by atoms with Crippen LogP contribution in [0.4, 0.5) is 0 Å². The summed E-state index contributed by atoms with van der Waals surface area (Å²) >= 11 is 2.00. The molecule has 0 aliphatic carbocycles. The summed E-state index contributed by atoms with van der Waals surface area (Å²) in [6.07, 6.45) is 5.65. The first-order valence-corrected chi connectivity index (χ1v) is 7.40. The number of rotatable bonds is 8. The first-order chi connectivity index (χ1) is 7.77. The highest BCUT2D eigenvalue weighted by Crippen LogP contribution is 2.13. The third-order valence-corrected chi connectivity index (χ3v) is 3.55. The van der Waals surface area contributed by atoms with E-state index < -0.39 is 0 Å². The Morgan fingerprint density at radius 2 is 2.25 bits per heavy atom. The lowest BCUT2D eigenvalue weighted by molar-refractivity contribution is 0.569. The SMILES string of the molecule is CCCNC(C)c1ccn(CCSCC)c1. The summed E-state index contributed by atoms with van der Waals surface area (Å²) in [5.41, 5.74) is 1.40. The maximum Gasteiger partial charge on any atom is 0.0310 e. The molecule has 0 saturated carbocycles. The number of aryl methyl sites for hydroxylation is 1. The largest absolute Gasteiger partial charge is 0.353 e. The summed E-state index contributed by atoms with van der Waals surface area (Å²) in [6, 6.07) is 2.70. The molecule has 0 saturated heterocycles. The van der Waals surface area contributed by atoms with Crippen molar-refractivity contribution in [2.24, 2.45) is 0 Å². The second-order valence-electron chi connectivity index (χ2n) is 4.06. The molecular weight excluding hydrogens is 216 g/mol. The minimum atomic E-state index is 0.472. The van der Waals surface area contributed by atoms with E-state index in [0.29, 0.717) is 6.04 Å². The molecule has 1 heterocycles. The number of thioether (sulfide) groups is 1. The molecule has 92 valence electrons. The van der Waals surface area contributed by atoms with Gasteiger partial charge in [0.25, 0.3) is 0 Å². The first-order valence-electron chi connectivity index (χ1n) is 6.24. The van der Waals surface area contributed by atoms with Crippen molar-refractivity contribution in [3.63, 3.8) is 0 Å². The Kier molecular flexibility index (Phi) is 6.65. The second-order valence-corrected chi connectivity index (χ2v) is 5.45. The van der Waals surface area contributed by atoms with E-state index in [2.05, 4.69) is 49.1 Å². The van der Waals surface area contributed by atoms with Crippen molar-refractivity contribution in [2.75, 3.05) is 18.1 Å². The lowest BCUT2D eigenvalue weighted by atomic mass is 10.2. The highest BCUT2D eigenvalue weighted by atomic mass is 32.2. The number of nitrogens with zero attached hydrogens (tertiary/aromatic N) is 1. The summed E-state index contributed by atoms with van der Waals surface area (Å²) in [5, 5.41) is 3.51. The zero-order valence-electron chi connectivity index (χ0n) is 10.7. The summed E-state index contributed by atoms with van der Waals surface area (Å²) < 4.78 is 2.29. The predicted molar refractivity (Wildman–Crippen MR) is 74.1 cm³/mol. The lowest BCUT2D eigenvalue weighted by Crippen LogP contribution is -2.18. The van der Waals surface area contributed by atoms with Crippen LogP contribution in [0.5, 0.6) is 0 Å². The van der Waals surface area contributed by atoms with Crippen molar-refractivity contribution in [2.45, 2.75) is 39.8 Å². The van der Waals surface area contributed by atoms with Crippen LogP contribution in [-0.2, 0) is 6.54 Å². The van der Waals surface area contributed by atoms with Gasteiger partial charge >= 0.3 is 0 Å². The molecule has 16 heavy (non-hydrogen) atoms. The fourth-order valence-electron chi connectivity index (χ4n) is 1.65. The van der Waals surface area contributed by atoms with Gasteiger partial charge in [-0.3, -0.25) is 0 Å². The highest BCUT2D eigenvalue weighted by Gasteiger charge is 2.05. The zero-order chi connectivity index (χ0) is 11.8. The maximum atomic E-state index is 3.51. The Bertz CT molecular complexity index is 283. The Labute approximate surface area is 104 Å². The van der Waals surface area contributed by atoms with Crippen LogP contribution in [0, 0.1) is 0 Å². The molecule has 1 atom stereocenters. The number of hydrogen-bond acceptors (Lipinski definition) is 2. The van der Waals surface area contributed by atoms with E-state index in [9.17, 15) is 0 Å². The molecule has 0 bridgehead atoms. The van der Waals surface area contributed by atoms with Gasteiger partial charge in [0, 0.05) is 30.7 Å². The average molecular weight is 240 g/mol. The van der Waals surface area contributed by atoms with Crippen molar-refractivity contribution >= 4 is 11.8 Å². The number of aromatic nitrogens is 1. The van der Waals surface area contributed by atoms with Crippen LogP contribution >= 0.6 is 11.8 Å². The van der Waals surface area contributed by atoms with E-state index in [1.807, 2.05) is 11.8 Å². The molecule has 1 N–H and O–H groups in total. The van der Waals surface area contributed by atoms with Gasteiger partial charge in [-0.15, -0.1) is 0 Å². The van der Waals surface area contributed by atoms with Crippen molar-refractivity contribution in [1.29, 1.82) is 0 Å². The zero-order valence-corrected chi connectivity index (χ0v) is 11.5. The first kappa shape index (κ1) is 13.7. The fraction of sp³-hybridized carbons (Fsp3) is 0.692. The molecular formula is C13H24N2S. The van der Waals surface area contributed by atoms with Crippen LogP contribution < -0.4 is 5.32 Å². The quantitative estimate of drug-likeness (QED) is 0.702. The molecule has 3 heteroatoms. The number of nitrogens with one attached hydrogen (secondary N) is 1. The van der Waals surface area contributed by atoms with Gasteiger partial charge in [0.05, 0.1) is 0 Å². The Hall–Kier alpha value is -0.410. The molecule has 0 fully saturated rings. The van der Waals surface area contributed by atoms with Crippen LogP contribution in [-0.4, -0.2) is 22.6 Å². The van der Waals surface area contributed by atoms with Gasteiger partial charge in [-0.25, -0.2) is 0 Å². The van der Waals surface area contributed by atoms with Crippen molar-refractivity contribution < 1.29 is 0 Å². The molecule has 2 nitrogen and oxygen atoms in total. The third kappa shape index (κ3) is 4.62. The molecule has 1 unspecified atom stereocenters. The molecule has 0 aliphatic rings.